The molecule has 0 spiro atoms. The summed E-state index contributed by atoms with van der Waals surface area (Å²) in [7, 11) is 0.119. The second-order valence-corrected chi connectivity index (χ2v) is 6.65. The summed E-state index contributed by atoms with van der Waals surface area (Å²) in [6, 6.07) is 12.7. The van der Waals surface area contributed by atoms with Gasteiger partial charge in [0, 0.05) is 38.8 Å². The molecule has 0 heterocycles. The summed E-state index contributed by atoms with van der Waals surface area (Å²) in [5.41, 5.74) is 1.13. The van der Waals surface area contributed by atoms with E-state index in [1.165, 1.54) is 13.2 Å². The Bertz CT molecular complexity index is 849. The third-order valence-electron chi connectivity index (χ3n) is 3.45. The van der Waals surface area contributed by atoms with Crippen molar-refractivity contribution in [1.82, 2.24) is 5.32 Å². The van der Waals surface area contributed by atoms with Gasteiger partial charge in [-0.25, -0.2) is 0 Å². The largest absolute Gasteiger partial charge is 0.468 e. The van der Waals surface area contributed by atoms with Crippen molar-refractivity contribution in [2.75, 3.05) is 25.2 Å². The molecule has 2 aromatic carbocycles. The Balaban J connectivity index is 2.05. The first-order chi connectivity index (χ1) is 12.4. The van der Waals surface area contributed by atoms with Crippen molar-refractivity contribution < 1.29 is 23.3 Å². The average molecular weight is 374 g/mol. The van der Waals surface area contributed by atoms with E-state index in [4.69, 9.17) is 0 Å². The Morgan fingerprint density at radius 3 is 2.31 bits per heavy atom. The summed E-state index contributed by atoms with van der Waals surface area (Å²) < 4.78 is 15.8. The summed E-state index contributed by atoms with van der Waals surface area (Å²) in [6.45, 7) is -0.239. The molecule has 0 bridgehead atoms. The lowest BCUT2D eigenvalue weighted by atomic mass is 10.1. The van der Waals surface area contributed by atoms with Crippen molar-refractivity contribution in [3.05, 3.63) is 59.7 Å². The summed E-state index contributed by atoms with van der Waals surface area (Å²) in [4.78, 5) is 36.0. The van der Waals surface area contributed by atoms with Crippen LogP contribution in [0.5, 0.6) is 0 Å². The number of nitrogens with one attached hydrogen (secondary N) is 2. The summed E-state index contributed by atoms with van der Waals surface area (Å²) in [6.07, 6.45) is 1.56. The molecule has 0 aliphatic carbocycles. The van der Waals surface area contributed by atoms with Crippen LogP contribution in [-0.4, -0.2) is 41.9 Å². The molecule has 0 saturated heterocycles. The molecular weight excluding hydrogens is 356 g/mol. The summed E-state index contributed by atoms with van der Waals surface area (Å²) in [5, 5.41) is 5.12. The number of carbonyl (C=O) groups excluding carboxylic acids is 3. The normalized spacial score (nSPS) is 11.3. The van der Waals surface area contributed by atoms with E-state index >= 15 is 0 Å². The van der Waals surface area contributed by atoms with E-state index in [1.807, 2.05) is 0 Å². The molecule has 2 amide bonds. The molecule has 2 N–H and O–H groups in total. The van der Waals surface area contributed by atoms with E-state index in [2.05, 4.69) is 15.4 Å². The van der Waals surface area contributed by atoms with E-state index < -0.39 is 22.7 Å². The minimum Gasteiger partial charge on any atom is -0.468 e. The first-order valence-corrected chi connectivity index (χ1v) is 9.16. The van der Waals surface area contributed by atoms with Gasteiger partial charge in [0.15, 0.2) is 0 Å². The van der Waals surface area contributed by atoms with Crippen molar-refractivity contribution in [1.29, 1.82) is 0 Å². The molecule has 26 heavy (non-hydrogen) atoms. The molecule has 7 nitrogen and oxygen atoms in total. The van der Waals surface area contributed by atoms with Gasteiger partial charge in [0.25, 0.3) is 11.8 Å². The van der Waals surface area contributed by atoms with Crippen LogP contribution < -0.4 is 10.6 Å². The fourth-order valence-electron chi connectivity index (χ4n) is 2.07. The number of amides is 2. The molecule has 2 rings (SSSR count). The second kappa shape index (κ2) is 8.91. The quantitative estimate of drug-likeness (QED) is 0.748. The standard InChI is InChI=1S/C18H18N2O5S/c1-25-16(21)11-19-17(22)13-4-3-5-14(10-13)20-18(23)12-6-8-15(9-7-12)26(2)24/h3-10H,11H2,1-2H3,(H,19,22)(H,20,23). The molecule has 0 radical (unpaired) electrons. The van der Waals surface area contributed by atoms with Gasteiger partial charge in [0.2, 0.25) is 0 Å². The molecule has 0 aromatic heterocycles. The molecule has 0 aliphatic heterocycles. The van der Waals surface area contributed by atoms with Crippen LogP contribution in [0.3, 0.4) is 0 Å². The molecule has 0 saturated carbocycles. The smallest absolute Gasteiger partial charge is 0.325 e. The maximum atomic E-state index is 12.3. The number of benzene rings is 2. The first kappa shape index (κ1) is 19.3. The maximum Gasteiger partial charge on any atom is 0.325 e. The van der Waals surface area contributed by atoms with E-state index in [0.29, 0.717) is 21.7 Å². The third kappa shape index (κ3) is 5.25. The fourth-order valence-corrected chi connectivity index (χ4v) is 2.59. The number of hydrogen-bond donors (Lipinski definition) is 2. The summed E-state index contributed by atoms with van der Waals surface area (Å²) in [5.74, 6) is -1.37. The van der Waals surface area contributed by atoms with Gasteiger partial charge < -0.3 is 15.4 Å². The van der Waals surface area contributed by atoms with Crippen molar-refractivity contribution in [3.8, 4) is 0 Å². The Hall–Kier alpha value is -3.00. The van der Waals surface area contributed by atoms with Gasteiger partial charge in [-0.3, -0.25) is 18.6 Å². The van der Waals surface area contributed by atoms with Crippen LogP contribution in [0, 0.1) is 0 Å². The van der Waals surface area contributed by atoms with Crippen LogP contribution in [-0.2, 0) is 20.3 Å². The van der Waals surface area contributed by atoms with E-state index in [9.17, 15) is 18.6 Å². The van der Waals surface area contributed by atoms with Crippen LogP contribution in [0.2, 0.25) is 0 Å². The van der Waals surface area contributed by atoms with Crippen LogP contribution in [0.4, 0.5) is 5.69 Å². The Morgan fingerprint density at radius 2 is 1.69 bits per heavy atom. The molecule has 0 aliphatic rings. The van der Waals surface area contributed by atoms with E-state index in [1.54, 1.807) is 48.7 Å². The number of rotatable bonds is 6. The monoisotopic (exact) mass is 374 g/mol. The number of anilines is 1. The predicted octanol–water partition coefficient (Wildman–Crippen LogP) is 1.58. The van der Waals surface area contributed by atoms with Gasteiger partial charge in [0.05, 0.1) is 7.11 Å². The van der Waals surface area contributed by atoms with Crippen LogP contribution in [0.1, 0.15) is 20.7 Å². The average Bonchev–Trinajstić information content (AvgIpc) is 2.66. The number of ether oxygens (including phenoxy) is 1. The highest BCUT2D eigenvalue weighted by Gasteiger charge is 2.11. The molecule has 1 atom stereocenters. The topological polar surface area (TPSA) is 102 Å². The lowest BCUT2D eigenvalue weighted by Crippen LogP contribution is -2.30. The first-order valence-electron chi connectivity index (χ1n) is 7.60. The third-order valence-corrected chi connectivity index (χ3v) is 4.39. The van der Waals surface area contributed by atoms with Crippen LogP contribution in [0.25, 0.3) is 0 Å². The zero-order valence-electron chi connectivity index (χ0n) is 14.3. The van der Waals surface area contributed by atoms with Gasteiger partial charge in [-0.1, -0.05) is 6.07 Å². The number of esters is 1. The molecule has 136 valence electrons. The second-order valence-electron chi connectivity index (χ2n) is 5.27. The molecule has 2 aromatic rings. The Kier molecular flexibility index (Phi) is 6.62. The van der Waals surface area contributed by atoms with E-state index in [-0.39, 0.29) is 12.5 Å². The highest BCUT2D eigenvalue weighted by atomic mass is 32.2. The van der Waals surface area contributed by atoms with Gasteiger partial charge in [0.1, 0.15) is 6.54 Å². The zero-order valence-corrected chi connectivity index (χ0v) is 15.1. The van der Waals surface area contributed by atoms with Crippen molar-refractivity contribution >= 4 is 34.3 Å². The van der Waals surface area contributed by atoms with Crippen molar-refractivity contribution in [2.45, 2.75) is 4.90 Å². The highest BCUT2D eigenvalue weighted by Crippen LogP contribution is 2.14. The van der Waals surface area contributed by atoms with Crippen molar-refractivity contribution in [2.24, 2.45) is 0 Å². The van der Waals surface area contributed by atoms with Crippen LogP contribution >= 0.6 is 0 Å². The Labute approximate surface area is 153 Å². The lowest BCUT2D eigenvalue weighted by Gasteiger charge is -2.08. The maximum absolute atomic E-state index is 12.3. The SMILES string of the molecule is COC(=O)CNC(=O)c1cccc(NC(=O)c2ccc(S(C)=O)cc2)c1. The van der Waals surface area contributed by atoms with Gasteiger partial charge >= 0.3 is 5.97 Å². The molecule has 8 heteroatoms. The number of carbonyl (C=O) groups is 3. The number of hydrogen-bond acceptors (Lipinski definition) is 5. The van der Waals surface area contributed by atoms with Gasteiger partial charge in [-0.05, 0) is 42.5 Å². The van der Waals surface area contributed by atoms with E-state index in [0.717, 1.165) is 0 Å². The highest BCUT2D eigenvalue weighted by molar-refractivity contribution is 7.84. The lowest BCUT2D eigenvalue weighted by molar-refractivity contribution is -0.139. The number of methoxy groups -OCH3 is 1. The predicted molar refractivity (Wildman–Crippen MR) is 97.5 cm³/mol. The molecule has 0 fully saturated rings. The Morgan fingerprint density at radius 1 is 1.00 bits per heavy atom. The molecule has 1 unspecified atom stereocenters. The fraction of sp³-hybridized carbons (Fsp3) is 0.167. The molecular formula is C18H18N2O5S. The van der Waals surface area contributed by atoms with Crippen LogP contribution in [0.15, 0.2) is 53.4 Å². The zero-order chi connectivity index (χ0) is 19.1. The van der Waals surface area contributed by atoms with Crippen molar-refractivity contribution in [3.63, 3.8) is 0 Å². The minimum absolute atomic E-state index is 0.239. The minimum atomic E-state index is -1.11. The van der Waals surface area contributed by atoms with Gasteiger partial charge in [-0.2, -0.15) is 0 Å². The van der Waals surface area contributed by atoms with Gasteiger partial charge in [-0.15, -0.1) is 0 Å². The summed E-state index contributed by atoms with van der Waals surface area (Å²) >= 11 is 0.